The SMILES string of the molecule is O[C@@H]1CCc2cc(OCC3CCC4(CCCC4)O3)ccc21. The van der Waals surface area contributed by atoms with Gasteiger partial charge in [0.2, 0.25) is 0 Å². The molecule has 1 saturated carbocycles. The zero-order valence-corrected chi connectivity index (χ0v) is 12.5. The van der Waals surface area contributed by atoms with Gasteiger partial charge in [-0.05, 0) is 61.8 Å². The maximum atomic E-state index is 9.83. The van der Waals surface area contributed by atoms with Crippen molar-refractivity contribution in [2.24, 2.45) is 0 Å². The molecule has 1 heterocycles. The monoisotopic (exact) mass is 288 g/mol. The predicted octanol–water partition coefficient (Wildman–Crippen LogP) is 3.54. The summed E-state index contributed by atoms with van der Waals surface area (Å²) in [5.74, 6) is 0.916. The first kappa shape index (κ1) is 13.6. The molecular weight excluding hydrogens is 264 g/mol. The van der Waals surface area contributed by atoms with Crippen LogP contribution in [0.4, 0.5) is 0 Å². The van der Waals surface area contributed by atoms with Crippen LogP contribution in [0.5, 0.6) is 5.75 Å². The second-order valence-corrected chi connectivity index (χ2v) is 6.89. The van der Waals surface area contributed by atoms with E-state index in [9.17, 15) is 5.11 Å². The van der Waals surface area contributed by atoms with Gasteiger partial charge in [0.05, 0.1) is 17.8 Å². The Bertz CT molecular complexity index is 519. The molecule has 1 N–H and O–H groups in total. The minimum absolute atomic E-state index is 0.191. The quantitative estimate of drug-likeness (QED) is 0.924. The largest absolute Gasteiger partial charge is 0.491 e. The Morgan fingerprint density at radius 2 is 2.05 bits per heavy atom. The van der Waals surface area contributed by atoms with Crippen molar-refractivity contribution in [1.82, 2.24) is 0 Å². The van der Waals surface area contributed by atoms with Crippen molar-refractivity contribution in [2.75, 3.05) is 6.61 Å². The number of hydrogen-bond donors (Lipinski definition) is 1. The molecule has 1 aromatic rings. The Balaban J connectivity index is 1.35. The summed E-state index contributed by atoms with van der Waals surface area (Å²) in [6, 6.07) is 6.08. The van der Waals surface area contributed by atoms with Crippen LogP contribution in [-0.2, 0) is 11.2 Å². The van der Waals surface area contributed by atoms with E-state index in [1.54, 1.807) is 0 Å². The van der Waals surface area contributed by atoms with Crippen LogP contribution in [0.3, 0.4) is 0 Å². The summed E-state index contributed by atoms with van der Waals surface area (Å²) in [7, 11) is 0. The van der Waals surface area contributed by atoms with Gasteiger partial charge in [0, 0.05) is 0 Å². The maximum Gasteiger partial charge on any atom is 0.119 e. The summed E-state index contributed by atoms with van der Waals surface area (Å²) in [6.45, 7) is 0.656. The van der Waals surface area contributed by atoms with Crippen molar-refractivity contribution in [3.8, 4) is 5.75 Å². The summed E-state index contributed by atoms with van der Waals surface area (Å²) in [5.41, 5.74) is 2.50. The van der Waals surface area contributed by atoms with E-state index in [0.29, 0.717) is 6.61 Å². The Hall–Kier alpha value is -1.06. The average molecular weight is 288 g/mol. The molecule has 2 aliphatic carbocycles. The normalized spacial score (nSPS) is 30.0. The highest BCUT2D eigenvalue weighted by atomic mass is 16.6. The summed E-state index contributed by atoms with van der Waals surface area (Å²) < 4.78 is 12.2. The van der Waals surface area contributed by atoms with Gasteiger partial charge in [-0.2, -0.15) is 0 Å². The lowest BCUT2D eigenvalue weighted by molar-refractivity contribution is -0.0508. The van der Waals surface area contributed by atoms with Crippen LogP contribution in [0, 0.1) is 0 Å². The van der Waals surface area contributed by atoms with Crippen molar-refractivity contribution < 1.29 is 14.6 Å². The highest BCUT2D eigenvalue weighted by Gasteiger charge is 2.42. The molecule has 0 bridgehead atoms. The fourth-order valence-electron chi connectivity index (χ4n) is 4.25. The molecule has 3 nitrogen and oxygen atoms in total. The van der Waals surface area contributed by atoms with E-state index >= 15 is 0 Å². The van der Waals surface area contributed by atoms with E-state index in [0.717, 1.165) is 30.6 Å². The molecule has 0 amide bonds. The minimum Gasteiger partial charge on any atom is -0.491 e. The Kier molecular flexibility index (Phi) is 3.43. The van der Waals surface area contributed by atoms with E-state index in [-0.39, 0.29) is 17.8 Å². The Morgan fingerprint density at radius 3 is 2.90 bits per heavy atom. The molecule has 1 saturated heterocycles. The first-order valence-corrected chi connectivity index (χ1v) is 8.36. The van der Waals surface area contributed by atoms with Gasteiger partial charge in [0.25, 0.3) is 0 Å². The second kappa shape index (κ2) is 5.29. The molecule has 1 aliphatic heterocycles. The van der Waals surface area contributed by atoms with E-state index < -0.39 is 0 Å². The number of aliphatic hydroxyl groups excluding tert-OH is 1. The third kappa shape index (κ3) is 2.58. The average Bonchev–Trinajstić information content (AvgIpc) is 3.20. The van der Waals surface area contributed by atoms with Crippen molar-refractivity contribution in [3.05, 3.63) is 29.3 Å². The third-order valence-electron chi connectivity index (χ3n) is 5.45. The number of fused-ring (bicyclic) bond motifs is 1. The lowest BCUT2D eigenvalue weighted by atomic mass is 9.98. The van der Waals surface area contributed by atoms with E-state index in [2.05, 4.69) is 6.07 Å². The fraction of sp³-hybridized carbons (Fsp3) is 0.667. The number of rotatable bonds is 3. The van der Waals surface area contributed by atoms with Crippen LogP contribution in [-0.4, -0.2) is 23.4 Å². The molecule has 1 spiro atoms. The van der Waals surface area contributed by atoms with Crippen LogP contribution < -0.4 is 4.74 Å². The number of aryl methyl sites for hydroxylation is 1. The summed E-state index contributed by atoms with van der Waals surface area (Å²) in [5, 5.41) is 9.83. The molecule has 0 radical (unpaired) electrons. The minimum atomic E-state index is -0.283. The predicted molar refractivity (Wildman–Crippen MR) is 80.5 cm³/mol. The van der Waals surface area contributed by atoms with Gasteiger partial charge in [0.15, 0.2) is 0 Å². The second-order valence-electron chi connectivity index (χ2n) is 6.89. The van der Waals surface area contributed by atoms with Crippen LogP contribution in [0.1, 0.15) is 62.2 Å². The first-order valence-electron chi connectivity index (χ1n) is 8.36. The lowest BCUT2D eigenvalue weighted by Crippen LogP contribution is -2.27. The Labute approximate surface area is 126 Å². The molecule has 1 unspecified atom stereocenters. The van der Waals surface area contributed by atoms with Crippen molar-refractivity contribution in [2.45, 2.75) is 69.2 Å². The van der Waals surface area contributed by atoms with E-state index in [1.807, 2.05) is 12.1 Å². The summed E-state index contributed by atoms with van der Waals surface area (Å²) in [4.78, 5) is 0. The first-order chi connectivity index (χ1) is 10.2. The molecule has 3 aliphatic rings. The number of benzene rings is 1. The van der Waals surface area contributed by atoms with Crippen molar-refractivity contribution in [3.63, 3.8) is 0 Å². The number of ether oxygens (including phenoxy) is 2. The summed E-state index contributed by atoms with van der Waals surface area (Å²) >= 11 is 0. The van der Waals surface area contributed by atoms with Gasteiger partial charge in [0.1, 0.15) is 12.4 Å². The highest BCUT2D eigenvalue weighted by Crippen LogP contribution is 2.43. The van der Waals surface area contributed by atoms with Gasteiger partial charge in [-0.25, -0.2) is 0 Å². The van der Waals surface area contributed by atoms with Gasteiger partial charge in [-0.15, -0.1) is 0 Å². The van der Waals surface area contributed by atoms with E-state index in [4.69, 9.17) is 9.47 Å². The molecule has 21 heavy (non-hydrogen) atoms. The molecule has 0 aromatic heterocycles. The van der Waals surface area contributed by atoms with Crippen molar-refractivity contribution >= 4 is 0 Å². The van der Waals surface area contributed by atoms with Gasteiger partial charge in [-0.3, -0.25) is 0 Å². The summed E-state index contributed by atoms with van der Waals surface area (Å²) in [6.07, 6.45) is 9.21. The van der Waals surface area contributed by atoms with Crippen LogP contribution in [0.2, 0.25) is 0 Å². The van der Waals surface area contributed by atoms with Crippen LogP contribution >= 0.6 is 0 Å². The third-order valence-corrected chi connectivity index (χ3v) is 5.45. The topological polar surface area (TPSA) is 38.7 Å². The molecule has 4 rings (SSSR count). The standard InChI is InChI=1S/C18H24O3/c19-17-6-3-13-11-14(4-5-16(13)17)20-12-15-7-10-18(21-15)8-1-2-9-18/h4-5,11,15,17,19H,1-3,6-10,12H2/t15?,17-/m1/s1. The number of hydrogen-bond acceptors (Lipinski definition) is 3. The van der Waals surface area contributed by atoms with Crippen molar-refractivity contribution in [1.29, 1.82) is 0 Å². The molecule has 3 heteroatoms. The highest BCUT2D eigenvalue weighted by molar-refractivity contribution is 5.39. The molecule has 1 aromatic carbocycles. The van der Waals surface area contributed by atoms with Crippen LogP contribution in [0.15, 0.2) is 18.2 Å². The lowest BCUT2D eigenvalue weighted by Gasteiger charge is -2.23. The molecular formula is C18H24O3. The van der Waals surface area contributed by atoms with Crippen LogP contribution in [0.25, 0.3) is 0 Å². The fourth-order valence-corrected chi connectivity index (χ4v) is 4.25. The smallest absolute Gasteiger partial charge is 0.119 e. The van der Waals surface area contributed by atoms with E-state index in [1.165, 1.54) is 37.7 Å². The number of aliphatic hydroxyl groups is 1. The van der Waals surface area contributed by atoms with Gasteiger partial charge in [-0.1, -0.05) is 18.9 Å². The molecule has 114 valence electrons. The van der Waals surface area contributed by atoms with Gasteiger partial charge >= 0.3 is 0 Å². The zero-order valence-electron chi connectivity index (χ0n) is 12.5. The maximum absolute atomic E-state index is 9.83. The zero-order chi connectivity index (χ0) is 14.3. The molecule has 2 atom stereocenters. The molecule has 2 fully saturated rings. The van der Waals surface area contributed by atoms with Gasteiger partial charge < -0.3 is 14.6 Å². The Morgan fingerprint density at radius 1 is 1.19 bits per heavy atom.